The molecule has 2 fully saturated rings. The van der Waals surface area contributed by atoms with Gasteiger partial charge in [-0.25, -0.2) is 13.4 Å². The number of nitrogens with zero attached hydrogens (tertiary/aromatic N) is 3. The van der Waals surface area contributed by atoms with Gasteiger partial charge in [0.15, 0.2) is 0 Å². The van der Waals surface area contributed by atoms with Gasteiger partial charge in [0, 0.05) is 31.5 Å². The Hall–Kier alpha value is -0.880. The minimum Gasteiger partial charge on any atom is -0.318 e. The van der Waals surface area contributed by atoms with Crippen molar-refractivity contribution in [1.29, 1.82) is 0 Å². The number of imidazole rings is 1. The van der Waals surface area contributed by atoms with Crippen molar-refractivity contribution >= 4 is 10.0 Å². The quantitative estimate of drug-likeness (QED) is 0.855. The van der Waals surface area contributed by atoms with E-state index in [2.05, 4.69) is 4.98 Å². The molecule has 0 aromatic carbocycles. The van der Waals surface area contributed by atoms with Crippen LogP contribution < -0.4 is 0 Å². The van der Waals surface area contributed by atoms with Crippen LogP contribution in [0, 0.1) is 11.8 Å². The first-order valence-corrected chi connectivity index (χ1v) is 9.97. The molecule has 1 saturated heterocycles. The topological polar surface area (TPSA) is 55.2 Å². The smallest absolute Gasteiger partial charge is 0.277 e. The number of hydrogen-bond acceptors (Lipinski definition) is 3. The Bertz CT molecular complexity index is 603. The molecule has 1 atom stereocenters. The second-order valence-electron chi connectivity index (χ2n) is 7.02. The van der Waals surface area contributed by atoms with Crippen LogP contribution in [0.15, 0.2) is 17.6 Å². The molecular formula is C16H27N3O2S. The average molecular weight is 325 g/mol. The van der Waals surface area contributed by atoms with E-state index in [4.69, 9.17) is 0 Å². The lowest BCUT2D eigenvalue weighted by Gasteiger charge is -2.27. The number of aromatic nitrogens is 2. The van der Waals surface area contributed by atoms with E-state index in [0.717, 1.165) is 12.3 Å². The van der Waals surface area contributed by atoms with Crippen molar-refractivity contribution in [3.8, 4) is 0 Å². The van der Waals surface area contributed by atoms with Crippen LogP contribution in [0.2, 0.25) is 0 Å². The third kappa shape index (κ3) is 2.95. The average Bonchev–Trinajstić information content (AvgIpc) is 3.18. The van der Waals surface area contributed by atoms with E-state index >= 15 is 0 Å². The van der Waals surface area contributed by atoms with Crippen LogP contribution in [0.1, 0.15) is 58.4 Å². The molecule has 0 amide bonds. The molecule has 0 spiro atoms. The summed E-state index contributed by atoms with van der Waals surface area (Å²) >= 11 is 0. The van der Waals surface area contributed by atoms with Crippen LogP contribution in [0.25, 0.3) is 0 Å². The molecular weight excluding hydrogens is 298 g/mol. The lowest BCUT2D eigenvalue weighted by atomic mass is 9.80. The molecule has 1 aliphatic carbocycles. The van der Waals surface area contributed by atoms with Gasteiger partial charge in [0.2, 0.25) is 5.16 Å². The predicted octanol–water partition coefficient (Wildman–Crippen LogP) is 3.05. The summed E-state index contributed by atoms with van der Waals surface area (Å²) in [6.45, 7) is 5.29. The third-order valence-electron chi connectivity index (χ3n) is 5.26. The van der Waals surface area contributed by atoms with Crippen LogP contribution in [0.4, 0.5) is 0 Å². The van der Waals surface area contributed by atoms with Gasteiger partial charge in [0.05, 0.1) is 0 Å². The Labute approximate surface area is 133 Å². The molecule has 1 unspecified atom stereocenters. The standard InChI is InChI=1S/C16H27N3O2S/c1-13(2)19-11-9-17-16(19)22(20,21)18-10-8-15(12-18)14-6-4-3-5-7-14/h9,11,13-15H,3-8,10,12H2,1-2H3. The van der Waals surface area contributed by atoms with E-state index in [1.165, 1.54) is 32.1 Å². The van der Waals surface area contributed by atoms with E-state index in [1.54, 1.807) is 21.3 Å². The minimum absolute atomic E-state index is 0.101. The fourth-order valence-electron chi connectivity index (χ4n) is 3.97. The SMILES string of the molecule is CC(C)n1ccnc1S(=O)(=O)N1CCC(C2CCCCC2)C1. The minimum atomic E-state index is -3.46. The molecule has 2 aliphatic rings. The highest BCUT2D eigenvalue weighted by molar-refractivity contribution is 7.89. The maximum absolute atomic E-state index is 12.9. The molecule has 1 aliphatic heterocycles. The van der Waals surface area contributed by atoms with Gasteiger partial charge in [-0.2, -0.15) is 4.31 Å². The molecule has 1 saturated carbocycles. The highest BCUT2D eigenvalue weighted by atomic mass is 32.2. The molecule has 22 heavy (non-hydrogen) atoms. The Morgan fingerprint density at radius 1 is 1.14 bits per heavy atom. The second kappa shape index (κ2) is 6.32. The highest BCUT2D eigenvalue weighted by Gasteiger charge is 2.38. The largest absolute Gasteiger partial charge is 0.318 e. The van der Waals surface area contributed by atoms with Crippen LogP contribution >= 0.6 is 0 Å². The van der Waals surface area contributed by atoms with Gasteiger partial charge in [-0.3, -0.25) is 0 Å². The van der Waals surface area contributed by atoms with E-state index < -0.39 is 10.0 Å². The summed E-state index contributed by atoms with van der Waals surface area (Å²) in [7, 11) is -3.46. The maximum atomic E-state index is 12.9. The van der Waals surface area contributed by atoms with Crippen molar-refractivity contribution in [2.45, 2.75) is 63.6 Å². The van der Waals surface area contributed by atoms with Crippen LogP contribution in [0.3, 0.4) is 0 Å². The molecule has 1 aromatic rings. The molecule has 6 heteroatoms. The van der Waals surface area contributed by atoms with Gasteiger partial charge in [0.1, 0.15) is 0 Å². The summed E-state index contributed by atoms with van der Waals surface area (Å²) in [5.74, 6) is 1.26. The second-order valence-corrected chi connectivity index (χ2v) is 8.85. The fourth-order valence-corrected chi connectivity index (χ4v) is 5.67. The molecule has 0 N–H and O–H groups in total. The van der Waals surface area contributed by atoms with Crippen LogP contribution in [-0.4, -0.2) is 35.4 Å². The first kappa shape index (κ1) is 16.0. The molecule has 2 heterocycles. The van der Waals surface area contributed by atoms with Gasteiger partial charge >= 0.3 is 0 Å². The fraction of sp³-hybridized carbons (Fsp3) is 0.812. The third-order valence-corrected chi connectivity index (χ3v) is 7.05. The predicted molar refractivity (Wildman–Crippen MR) is 86.1 cm³/mol. The van der Waals surface area contributed by atoms with Crippen LogP contribution in [0.5, 0.6) is 0 Å². The van der Waals surface area contributed by atoms with Crippen molar-refractivity contribution in [3.05, 3.63) is 12.4 Å². The van der Waals surface area contributed by atoms with Crippen molar-refractivity contribution in [3.63, 3.8) is 0 Å². The van der Waals surface area contributed by atoms with Crippen LogP contribution in [-0.2, 0) is 10.0 Å². The van der Waals surface area contributed by atoms with Crippen molar-refractivity contribution in [2.75, 3.05) is 13.1 Å². The van der Waals surface area contributed by atoms with Gasteiger partial charge in [-0.15, -0.1) is 0 Å². The maximum Gasteiger partial charge on any atom is 0.277 e. The zero-order chi connectivity index (χ0) is 15.7. The summed E-state index contributed by atoms with van der Waals surface area (Å²) in [4.78, 5) is 4.12. The molecule has 1 aromatic heterocycles. The van der Waals surface area contributed by atoms with Crippen molar-refractivity contribution < 1.29 is 8.42 Å². The normalized spacial score (nSPS) is 25.1. The molecule has 3 rings (SSSR count). The molecule has 0 radical (unpaired) electrons. The summed E-state index contributed by atoms with van der Waals surface area (Å²) in [5, 5.41) is 0.201. The first-order chi connectivity index (χ1) is 10.5. The summed E-state index contributed by atoms with van der Waals surface area (Å²) in [5.41, 5.74) is 0. The molecule has 124 valence electrons. The summed E-state index contributed by atoms with van der Waals surface area (Å²) in [6.07, 6.45) is 10.9. The lowest BCUT2D eigenvalue weighted by molar-refractivity contribution is 0.255. The highest BCUT2D eigenvalue weighted by Crippen LogP contribution is 2.36. The van der Waals surface area contributed by atoms with E-state index in [9.17, 15) is 8.42 Å². The Kier molecular flexibility index (Phi) is 4.59. The van der Waals surface area contributed by atoms with Gasteiger partial charge in [-0.05, 0) is 32.1 Å². The lowest BCUT2D eigenvalue weighted by Crippen LogP contribution is -2.32. The van der Waals surface area contributed by atoms with Gasteiger partial charge in [0.25, 0.3) is 10.0 Å². The van der Waals surface area contributed by atoms with Crippen molar-refractivity contribution in [1.82, 2.24) is 13.9 Å². The van der Waals surface area contributed by atoms with E-state index in [-0.39, 0.29) is 11.2 Å². The van der Waals surface area contributed by atoms with Gasteiger partial charge in [-0.1, -0.05) is 32.1 Å². The van der Waals surface area contributed by atoms with E-state index in [0.29, 0.717) is 19.0 Å². The summed E-state index contributed by atoms with van der Waals surface area (Å²) in [6, 6.07) is 0.101. The van der Waals surface area contributed by atoms with E-state index in [1.807, 2.05) is 13.8 Å². The first-order valence-electron chi connectivity index (χ1n) is 8.53. The number of sulfonamides is 1. The zero-order valence-corrected chi connectivity index (χ0v) is 14.4. The number of hydrogen-bond donors (Lipinski definition) is 0. The molecule has 5 nitrogen and oxygen atoms in total. The Morgan fingerprint density at radius 2 is 1.86 bits per heavy atom. The Balaban J connectivity index is 1.75. The Morgan fingerprint density at radius 3 is 2.55 bits per heavy atom. The monoisotopic (exact) mass is 325 g/mol. The number of rotatable bonds is 4. The summed E-state index contributed by atoms with van der Waals surface area (Å²) < 4.78 is 29.2. The van der Waals surface area contributed by atoms with Gasteiger partial charge < -0.3 is 4.57 Å². The zero-order valence-electron chi connectivity index (χ0n) is 13.6. The van der Waals surface area contributed by atoms with Crippen molar-refractivity contribution in [2.24, 2.45) is 11.8 Å². The molecule has 0 bridgehead atoms.